The highest BCUT2D eigenvalue weighted by molar-refractivity contribution is 7.89. The van der Waals surface area contributed by atoms with E-state index in [4.69, 9.17) is 16.3 Å². The zero-order chi connectivity index (χ0) is 20.4. The summed E-state index contributed by atoms with van der Waals surface area (Å²) in [5.41, 5.74) is 2.39. The number of rotatable bonds is 5. The van der Waals surface area contributed by atoms with Crippen LogP contribution in [0.1, 0.15) is 23.6 Å². The van der Waals surface area contributed by atoms with E-state index in [1.807, 2.05) is 36.4 Å². The molecule has 1 aliphatic heterocycles. The average molecular weight is 427 g/mol. The topological polar surface area (TPSA) is 59.0 Å². The monoisotopic (exact) mass is 426 g/mol. The van der Waals surface area contributed by atoms with Gasteiger partial charge in [0, 0.05) is 11.4 Å². The van der Waals surface area contributed by atoms with E-state index in [9.17, 15) is 8.42 Å². The second-order valence-electron chi connectivity index (χ2n) is 6.64. The van der Waals surface area contributed by atoms with Crippen molar-refractivity contribution in [3.8, 4) is 5.75 Å². The summed E-state index contributed by atoms with van der Waals surface area (Å²) in [6.07, 6.45) is 0.458. The van der Waals surface area contributed by atoms with Crippen molar-refractivity contribution in [1.29, 1.82) is 0 Å². The van der Waals surface area contributed by atoms with Crippen LogP contribution in [0.25, 0.3) is 0 Å². The van der Waals surface area contributed by atoms with Gasteiger partial charge in [0.15, 0.2) is 0 Å². The number of benzene rings is 3. The molecule has 3 aromatic rings. The molecule has 1 aliphatic rings. The van der Waals surface area contributed by atoms with E-state index in [1.165, 1.54) is 4.41 Å². The quantitative estimate of drug-likeness (QED) is 0.583. The molecule has 0 radical (unpaired) electrons. The number of methoxy groups -OCH3 is 1. The molecule has 5 nitrogen and oxygen atoms in total. The highest BCUT2D eigenvalue weighted by Gasteiger charge is 2.37. The molecule has 0 N–H and O–H groups in total. The molecular formula is C22H19ClN2O3S. The summed E-state index contributed by atoms with van der Waals surface area (Å²) in [4.78, 5) is 0.208. The first kappa shape index (κ1) is 19.5. The molecule has 0 saturated heterocycles. The molecule has 148 valence electrons. The van der Waals surface area contributed by atoms with Crippen LogP contribution in [-0.2, 0) is 10.0 Å². The lowest BCUT2D eigenvalue weighted by Crippen LogP contribution is -2.27. The Bertz CT molecular complexity index is 1130. The Morgan fingerprint density at radius 3 is 2.24 bits per heavy atom. The second kappa shape index (κ2) is 7.89. The maximum Gasteiger partial charge on any atom is 0.279 e. The van der Waals surface area contributed by atoms with Crippen molar-refractivity contribution in [2.45, 2.75) is 17.4 Å². The number of hydrazone groups is 1. The van der Waals surface area contributed by atoms with Gasteiger partial charge in [0.1, 0.15) is 5.75 Å². The van der Waals surface area contributed by atoms with Crippen LogP contribution in [-0.4, -0.2) is 25.7 Å². The average Bonchev–Trinajstić information content (AvgIpc) is 3.21. The number of nitrogens with zero attached hydrogens (tertiary/aromatic N) is 2. The molecule has 0 bridgehead atoms. The molecule has 0 saturated carbocycles. The minimum atomic E-state index is -3.81. The lowest BCUT2D eigenvalue weighted by atomic mass is 9.99. The van der Waals surface area contributed by atoms with Crippen LogP contribution in [0.2, 0.25) is 5.02 Å². The van der Waals surface area contributed by atoms with Crippen molar-refractivity contribution < 1.29 is 13.2 Å². The Balaban J connectivity index is 1.78. The summed E-state index contributed by atoms with van der Waals surface area (Å²) in [5.74, 6) is 0.711. The van der Waals surface area contributed by atoms with E-state index < -0.39 is 16.1 Å². The van der Waals surface area contributed by atoms with Gasteiger partial charge in [-0.15, -0.1) is 0 Å². The fourth-order valence-electron chi connectivity index (χ4n) is 3.30. The van der Waals surface area contributed by atoms with Gasteiger partial charge < -0.3 is 4.74 Å². The molecular weight excluding hydrogens is 408 g/mol. The van der Waals surface area contributed by atoms with Crippen molar-refractivity contribution in [3.63, 3.8) is 0 Å². The van der Waals surface area contributed by atoms with Gasteiger partial charge in [0.05, 0.1) is 23.8 Å². The lowest BCUT2D eigenvalue weighted by Gasteiger charge is -2.23. The molecule has 0 amide bonds. The molecule has 0 spiro atoms. The summed E-state index contributed by atoms with van der Waals surface area (Å²) in [5, 5.41) is 5.14. The third-order valence-electron chi connectivity index (χ3n) is 4.84. The maximum absolute atomic E-state index is 13.3. The molecule has 0 unspecified atom stereocenters. The first-order valence-corrected chi connectivity index (χ1v) is 10.9. The van der Waals surface area contributed by atoms with Gasteiger partial charge in [-0.1, -0.05) is 54.1 Å². The minimum Gasteiger partial charge on any atom is -0.497 e. The normalized spacial score (nSPS) is 16.6. The van der Waals surface area contributed by atoms with Gasteiger partial charge in [-0.2, -0.15) is 17.9 Å². The standard InChI is InChI=1S/C22H19ClN2O3S/c1-28-19-13-9-17(10-14-19)22-15-21(16-7-11-18(23)12-8-16)24-25(22)29(26,27)20-5-3-2-4-6-20/h2-14,22H,15H2,1H3/t22-/m0/s1. The van der Waals surface area contributed by atoms with Gasteiger partial charge in [-0.25, -0.2) is 0 Å². The molecule has 0 aliphatic carbocycles. The van der Waals surface area contributed by atoms with Crippen LogP contribution in [0.5, 0.6) is 5.75 Å². The van der Waals surface area contributed by atoms with E-state index in [-0.39, 0.29) is 4.90 Å². The van der Waals surface area contributed by atoms with Crippen LogP contribution in [0.3, 0.4) is 0 Å². The largest absolute Gasteiger partial charge is 0.497 e. The maximum atomic E-state index is 13.3. The Hall–Kier alpha value is -2.83. The summed E-state index contributed by atoms with van der Waals surface area (Å²) in [7, 11) is -2.22. The summed E-state index contributed by atoms with van der Waals surface area (Å²) < 4.78 is 33.1. The van der Waals surface area contributed by atoms with Crippen LogP contribution >= 0.6 is 11.6 Å². The van der Waals surface area contributed by atoms with Crippen molar-refractivity contribution in [1.82, 2.24) is 4.41 Å². The van der Waals surface area contributed by atoms with E-state index in [0.717, 1.165) is 11.1 Å². The van der Waals surface area contributed by atoms with Crippen LogP contribution in [0.15, 0.2) is 88.9 Å². The fraction of sp³-hybridized carbons (Fsp3) is 0.136. The molecule has 0 fully saturated rings. The van der Waals surface area contributed by atoms with E-state index in [1.54, 1.807) is 49.6 Å². The molecule has 0 aromatic heterocycles. The zero-order valence-corrected chi connectivity index (χ0v) is 17.3. The van der Waals surface area contributed by atoms with Crippen molar-refractivity contribution in [3.05, 3.63) is 95.0 Å². The summed E-state index contributed by atoms with van der Waals surface area (Å²) >= 11 is 5.99. The molecule has 1 heterocycles. The smallest absolute Gasteiger partial charge is 0.279 e. The third kappa shape index (κ3) is 3.86. The van der Waals surface area contributed by atoms with Crippen LogP contribution < -0.4 is 4.74 Å². The van der Waals surface area contributed by atoms with Gasteiger partial charge in [-0.05, 0) is 47.5 Å². The van der Waals surface area contributed by atoms with Crippen molar-refractivity contribution >= 4 is 27.3 Å². The van der Waals surface area contributed by atoms with Gasteiger partial charge in [0.2, 0.25) is 0 Å². The Morgan fingerprint density at radius 1 is 0.966 bits per heavy atom. The van der Waals surface area contributed by atoms with E-state index in [2.05, 4.69) is 5.10 Å². The zero-order valence-electron chi connectivity index (χ0n) is 15.7. The van der Waals surface area contributed by atoms with Crippen molar-refractivity contribution in [2.24, 2.45) is 5.10 Å². The number of sulfonamides is 1. The van der Waals surface area contributed by atoms with E-state index >= 15 is 0 Å². The van der Waals surface area contributed by atoms with E-state index in [0.29, 0.717) is 22.9 Å². The highest BCUT2D eigenvalue weighted by Crippen LogP contribution is 2.37. The van der Waals surface area contributed by atoms with Crippen molar-refractivity contribution in [2.75, 3.05) is 7.11 Å². The second-order valence-corrected chi connectivity index (χ2v) is 8.87. The first-order valence-electron chi connectivity index (χ1n) is 9.06. The first-order chi connectivity index (χ1) is 14.0. The van der Waals surface area contributed by atoms with Gasteiger partial charge in [0.25, 0.3) is 10.0 Å². The molecule has 29 heavy (non-hydrogen) atoms. The lowest BCUT2D eigenvalue weighted by molar-refractivity contribution is 0.370. The predicted octanol–water partition coefficient (Wildman–Crippen LogP) is 4.89. The molecule has 4 rings (SSSR count). The Labute approximate surface area is 175 Å². The van der Waals surface area contributed by atoms with Crippen LogP contribution in [0.4, 0.5) is 0 Å². The number of halogens is 1. The highest BCUT2D eigenvalue weighted by atomic mass is 35.5. The Morgan fingerprint density at radius 2 is 1.62 bits per heavy atom. The minimum absolute atomic E-state index is 0.208. The third-order valence-corrected chi connectivity index (χ3v) is 6.79. The molecule has 1 atom stereocenters. The SMILES string of the molecule is COc1ccc([C@@H]2CC(c3ccc(Cl)cc3)=NN2S(=O)(=O)c2ccccc2)cc1. The fourth-order valence-corrected chi connectivity index (χ4v) is 4.88. The number of hydrogen-bond acceptors (Lipinski definition) is 4. The summed E-state index contributed by atoms with van der Waals surface area (Å²) in [6, 6.07) is 22.5. The van der Waals surface area contributed by atoms with Gasteiger partial charge in [-0.3, -0.25) is 0 Å². The van der Waals surface area contributed by atoms with Crippen LogP contribution in [0, 0.1) is 0 Å². The molecule has 7 heteroatoms. The Kier molecular flexibility index (Phi) is 5.30. The predicted molar refractivity (Wildman–Crippen MR) is 114 cm³/mol. The molecule has 3 aromatic carbocycles. The van der Waals surface area contributed by atoms with Gasteiger partial charge >= 0.3 is 0 Å². The summed E-state index contributed by atoms with van der Waals surface area (Å²) in [6.45, 7) is 0. The number of hydrogen-bond donors (Lipinski definition) is 0. The number of ether oxygens (including phenoxy) is 1.